The standard InChI is InChI=1S/C22H23N3O2S/c1-27-18-13-7-6-12-17(18)23-21(26)20-19(16-10-4-2-5-11-16)24-22(28-20)25-14-8-3-9-15-25/h2,4-7,10-13H,3,8-9,14-15H2,1H3,(H,23,26). The molecule has 5 nitrogen and oxygen atoms in total. The SMILES string of the molecule is COc1ccccc1NC(=O)c1sc(N2CCCCC2)nc1-c1ccccc1. The number of anilines is 2. The normalized spacial score (nSPS) is 14.0. The molecular weight excluding hydrogens is 370 g/mol. The molecule has 0 bridgehead atoms. The Balaban J connectivity index is 1.69. The minimum atomic E-state index is -0.163. The largest absolute Gasteiger partial charge is 0.495 e. The molecule has 144 valence electrons. The average Bonchev–Trinajstić information content (AvgIpc) is 3.21. The number of benzene rings is 2. The van der Waals surface area contributed by atoms with Crippen LogP contribution in [0.15, 0.2) is 54.6 Å². The number of amides is 1. The zero-order valence-corrected chi connectivity index (χ0v) is 16.7. The van der Waals surface area contributed by atoms with E-state index in [1.807, 2.05) is 54.6 Å². The van der Waals surface area contributed by atoms with E-state index in [2.05, 4.69) is 10.2 Å². The Morgan fingerprint density at radius 2 is 1.75 bits per heavy atom. The van der Waals surface area contributed by atoms with Crippen LogP contribution in [-0.2, 0) is 0 Å². The Morgan fingerprint density at radius 1 is 1.04 bits per heavy atom. The summed E-state index contributed by atoms with van der Waals surface area (Å²) >= 11 is 1.46. The molecule has 1 aromatic heterocycles. The van der Waals surface area contributed by atoms with Crippen LogP contribution in [0, 0.1) is 0 Å². The zero-order valence-electron chi connectivity index (χ0n) is 15.9. The third-order valence-corrected chi connectivity index (χ3v) is 5.97. The summed E-state index contributed by atoms with van der Waals surface area (Å²) in [4.78, 5) is 20.9. The number of para-hydroxylation sites is 2. The van der Waals surface area contributed by atoms with E-state index in [0.29, 0.717) is 16.3 Å². The van der Waals surface area contributed by atoms with Crippen molar-refractivity contribution in [2.75, 3.05) is 30.4 Å². The monoisotopic (exact) mass is 393 g/mol. The van der Waals surface area contributed by atoms with Crippen LogP contribution in [0.4, 0.5) is 10.8 Å². The number of nitrogens with one attached hydrogen (secondary N) is 1. The number of carbonyl (C=O) groups is 1. The number of ether oxygens (including phenoxy) is 1. The van der Waals surface area contributed by atoms with Gasteiger partial charge in [0.2, 0.25) is 0 Å². The maximum absolute atomic E-state index is 13.2. The van der Waals surface area contributed by atoms with Gasteiger partial charge in [0.25, 0.3) is 5.91 Å². The number of carbonyl (C=O) groups excluding carboxylic acids is 1. The predicted octanol–water partition coefficient (Wildman–Crippen LogP) is 5.06. The zero-order chi connectivity index (χ0) is 19.3. The van der Waals surface area contributed by atoms with E-state index in [4.69, 9.17) is 9.72 Å². The van der Waals surface area contributed by atoms with Gasteiger partial charge in [-0.3, -0.25) is 4.79 Å². The molecule has 0 spiro atoms. The molecule has 0 atom stereocenters. The van der Waals surface area contributed by atoms with Gasteiger partial charge in [-0.2, -0.15) is 0 Å². The van der Waals surface area contributed by atoms with Gasteiger partial charge in [-0.25, -0.2) is 4.98 Å². The Labute approximate surface area is 169 Å². The van der Waals surface area contributed by atoms with Crippen molar-refractivity contribution in [2.45, 2.75) is 19.3 Å². The number of thiazole rings is 1. The predicted molar refractivity (Wildman–Crippen MR) is 115 cm³/mol. The molecule has 3 aromatic rings. The maximum atomic E-state index is 13.2. The van der Waals surface area contributed by atoms with Crippen molar-refractivity contribution in [3.05, 3.63) is 59.5 Å². The van der Waals surface area contributed by atoms with Crippen LogP contribution in [0.2, 0.25) is 0 Å². The van der Waals surface area contributed by atoms with Crippen LogP contribution < -0.4 is 15.0 Å². The summed E-state index contributed by atoms with van der Waals surface area (Å²) in [6.07, 6.45) is 3.60. The van der Waals surface area contributed by atoms with Gasteiger partial charge in [-0.1, -0.05) is 53.8 Å². The second-order valence-corrected chi connectivity index (χ2v) is 7.72. The summed E-state index contributed by atoms with van der Waals surface area (Å²) in [5.74, 6) is 0.474. The fourth-order valence-corrected chi connectivity index (χ4v) is 4.44. The van der Waals surface area contributed by atoms with Crippen molar-refractivity contribution in [2.24, 2.45) is 0 Å². The topological polar surface area (TPSA) is 54.5 Å². The molecule has 2 aromatic carbocycles. The molecule has 1 saturated heterocycles. The molecule has 28 heavy (non-hydrogen) atoms. The molecular formula is C22H23N3O2S. The van der Waals surface area contributed by atoms with Crippen molar-refractivity contribution in [1.82, 2.24) is 4.98 Å². The van der Waals surface area contributed by atoms with Gasteiger partial charge in [0.15, 0.2) is 5.13 Å². The highest BCUT2D eigenvalue weighted by Crippen LogP contribution is 2.35. The Morgan fingerprint density at radius 3 is 2.50 bits per heavy atom. The number of nitrogens with zero attached hydrogens (tertiary/aromatic N) is 2. The molecule has 0 radical (unpaired) electrons. The molecule has 1 amide bonds. The Bertz CT molecular complexity index is 949. The smallest absolute Gasteiger partial charge is 0.268 e. The van der Waals surface area contributed by atoms with Crippen molar-refractivity contribution in [3.63, 3.8) is 0 Å². The van der Waals surface area contributed by atoms with Crippen LogP contribution in [0.25, 0.3) is 11.3 Å². The van der Waals surface area contributed by atoms with Crippen molar-refractivity contribution < 1.29 is 9.53 Å². The first kappa shape index (κ1) is 18.5. The van der Waals surface area contributed by atoms with Crippen molar-refractivity contribution in [1.29, 1.82) is 0 Å². The first-order chi connectivity index (χ1) is 13.8. The van der Waals surface area contributed by atoms with Gasteiger partial charge in [0.05, 0.1) is 18.5 Å². The lowest BCUT2D eigenvalue weighted by Gasteiger charge is -2.25. The lowest BCUT2D eigenvalue weighted by molar-refractivity contribution is 0.103. The highest BCUT2D eigenvalue weighted by molar-refractivity contribution is 7.18. The Kier molecular flexibility index (Phi) is 5.58. The maximum Gasteiger partial charge on any atom is 0.268 e. The highest BCUT2D eigenvalue weighted by Gasteiger charge is 2.23. The number of hydrogen-bond donors (Lipinski definition) is 1. The van der Waals surface area contributed by atoms with Crippen molar-refractivity contribution >= 4 is 28.1 Å². The third kappa shape index (κ3) is 3.87. The summed E-state index contributed by atoms with van der Waals surface area (Å²) in [6, 6.07) is 17.3. The fraction of sp³-hybridized carbons (Fsp3) is 0.273. The minimum Gasteiger partial charge on any atom is -0.495 e. The van der Waals surface area contributed by atoms with Crippen molar-refractivity contribution in [3.8, 4) is 17.0 Å². The molecule has 1 fully saturated rings. The molecule has 6 heteroatoms. The average molecular weight is 394 g/mol. The number of rotatable bonds is 5. The van der Waals surface area contributed by atoms with Crippen LogP contribution in [0.1, 0.15) is 28.9 Å². The summed E-state index contributed by atoms with van der Waals surface area (Å²) in [5, 5.41) is 3.91. The second-order valence-electron chi connectivity index (χ2n) is 6.74. The van der Waals surface area contributed by atoms with Gasteiger partial charge >= 0.3 is 0 Å². The fourth-order valence-electron chi connectivity index (χ4n) is 3.40. The van der Waals surface area contributed by atoms with E-state index in [9.17, 15) is 4.79 Å². The minimum absolute atomic E-state index is 0.163. The van der Waals surface area contributed by atoms with E-state index in [0.717, 1.165) is 29.5 Å². The van der Waals surface area contributed by atoms with E-state index in [-0.39, 0.29) is 5.91 Å². The lowest BCUT2D eigenvalue weighted by atomic mass is 10.1. The van der Waals surface area contributed by atoms with E-state index >= 15 is 0 Å². The quantitative estimate of drug-likeness (QED) is 0.658. The number of methoxy groups -OCH3 is 1. The molecule has 0 unspecified atom stereocenters. The van der Waals surface area contributed by atoms with E-state index in [1.54, 1.807) is 7.11 Å². The van der Waals surface area contributed by atoms with Crippen LogP contribution >= 0.6 is 11.3 Å². The third-order valence-electron chi connectivity index (χ3n) is 4.85. The van der Waals surface area contributed by atoms with Gasteiger partial charge in [0, 0.05) is 18.7 Å². The number of hydrogen-bond acceptors (Lipinski definition) is 5. The van der Waals surface area contributed by atoms with Crippen LogP contribution in [-0.4, -0.2) is 31.1 Å². The van der Waals surface area contributed by atoms with Gasteiger partial charge in [-0.15, -0.1) is 0 Å². The summed E-state index contributed by atoms with van der Waals surface area (Å²) in [7, 11) is 1.60. The number of piperidine rings is 1. The van der Waals surface area contributed by atoms with Gasteiger partial charge in [-0.05, 0) is 31.4 Å². The molecule has 1 aliphatic heterocycles. The molecule has 0 saturated carbocycles. The molecule has 1 aliphatic rings. The lowest BCUT2D eigenvalue weighted by Crippen LogP contribution is -2.29. The van der Waals surface area contributed by atoms with E-state index < -0.39 is 0 Å². The molecule has 0 aliphatic carbocycles. The summed E-state index contributed by atoms with van der Waals surface area (Å²) in [6.45, 7) is 1.99. The van der Waals surface area contributed by atoms with Crippen LogP contribution in [0.3, 0.4) is 0 Å². The van der Waals surface area contributed by atoms with Crippen LogP contribution in [0.5, 0.6) is 5.75 Å². The Hall–Kier alpha value is -2.86. The molecule has 2 heterocycles. The molecule has 4 rings (SSSR count). The van der Waals surface area contributed by atoms with Gasteiger partial charge in [0.1, 0.15) is 10.6 Å². The van der Waals surface area contributed by atoms with E-state index in [1.165, 1.54) is 30.6 Å². The van der Waals surface area contributed by atoms with Gasteiger partial charge < -0.3 is 15.0 Å². The summed E-state index contributed by atoms with van der Waals surface area (Å²) in [5.41, 5.74) is 2.34. The first-order valence-corrected chi connectivity index (χ1v) is 10.3. The number of aromatic nitrogens is 1. The molecule has 1 N–H and O–H groups in total. The highest BCUT2D eigenvalue weighted by atomic mass is 32.1. The second kappa shape index (κ2) is 8.44. The first-order valence-electron chi connectivity index (χ1n) is 9.52. The summed E-state index contributed by atoms with van der Waals surface area (Å²) < 4.78 is 5.36.